The van der Waals surface area contributed by atoms with Crippen LogP contribution < -0.4 is 5.32 Å². The van der Waals surface area contributed by atoms with Gasteiger partial charge in [0.2, 0.25) is 0 Å². The second-order valence-corrected chi connectivity index (χ2v) is 9.33. The fourth-order valence-corrected chi connectivity index (χ4v) is 4.57. The van der Waals surface area contributed by atoms with Gasteiger partial charge in [-0.15, -0.1) is 0 Å². The zero-order valence-corrected chi connectivity index (χ0v) is 20.1. The van der Waals surface area contributed by atoms with E-state index in [1.807, 2.05) is 6.20 Å². The Morgan fingerprint density at radius 3 is 2.89 bits per heavy atom. The molecule has 9 nitrogen and oxygen atoms in total. The molecule has 11 heteroatoms. The van der Waals surface area contributed by atoms with Crippen molar-refractivity contribution in [1.29, 1.82) is 0 Å². The molecule has 2 aliphatic heterocycles. The maximum absolute atomic E-state index is 14.2. The predicted octanol–water partition coefficient (Wildman–Crippen LogP) is 3.79. The number of hydrogen-bond donors (Lipinski definition) is 1. The number of amides is 2. The Morgan fingerprint density at radius 1 is 1.31 bits per heavy atom. The van der Waals surface area contributed by atoms with Crippen LogP contribution in [-0.4, -0.2) is 50.8 Å². The zero-order valence-electron chi connectivity index (χ0n) is 19.3. The number of carbonyl (C=O) groups excluding carboxylic acids is 1. The SMILES string of the molecule is Cc1noc(C(NC(=O)N2CCc3cnc(CC4CCOCC4)nc3C2)c2ccc(Cl)c(F)c2)n1. The normalized spacial score (nSPS) is 17.2. The van der Waals surface area contributed by atoms with Crippen LogP contribution in [0.1, 0.15) is 53.2 Å². The number of ether oxygens (including phenoxy) is 1. The number of aryl methyl sites for hydroxylation is 1. The van der Waals surface area contributed by atoms with E-state index in [9.17, 15) is 9.18 Å². The number of hydrogen-bond acceptors (Lipinski definition) is 7. The molecule has 1 unspecified atom stereocenters. The maximum Gasteiger partial charge on any atom is 0.318 e. The molecule has 0 bridgehead atoms. The van der Waals surface area contributed by atoms with E-state index in [2.05, 4.69) is 20.4 Å². The van der Waals surface area contributed by atoms with Crippen LogP contribution in [-0.2, 0) is 24.1 Å². The van der Waals surface area contributed by atoms with Crippen molar-refractivity contribution >= 4 is 17.6 Å². The summed E-state index contributed by atoms with van der Waals surface area (Å²) in [5.41, 5.74) is 2.35. The number of nitrogens with zero attached hydrogens (tertiary/aromatic N) is 5. The molecule has 2 aromatic heterocycles. The molecule has 3 aromatic rings. The van der Waals surface area contributed by atoms with Gasteiger partial charge in [-0.1, -0.05) is 22.8 Å². The van der Waals surface area contributed by atoms with Gasteiger partial charge in [0.15, 0.2) is 5.82 Å². The van der Waals surface area contributed by atoms with Crippen LogP contribution in [0.4, 0.5) is 9.18 Å². The molecular formula is C24H26ClFN6O3. The molecular weight excluding hydrogens is 475 g/mol. The van der Waals surface area contributed by atoms with E-state index in [1.54, 1.807) is 17.9 Å². The predicted molar refractivity (Wildman–Crippen MR) is 124 cm³/mol. The van der Waals surface area contributed by atoms with Gasteiger partial charge in [0.05, 0.1) is 17.3 Å². The molecule has 4 heterocycles. The fraction of sp³-hybridized carbons (Fsp3) is 0.458. The van der Waals surface area contributed by atoms with E-state index in [-0.39, 0.29) is 16.9 Å². The lowest BCUT2D eigenvalue weighted by atomic mass is 9.96. The van der Waals surface area contributed by atoms with Crippen molar-refractivity contribution in [2.24, 2.45) is 5.92 Å². The lowest BCUT2D eigenvalue weighted by Crippen LogP contribution is -2.44. The van der Waals surface area contributed by atoms with Gasteiger partial charge in [0, 0.05) is 32.4 Å². The minimum Gasteiger partial charge on any atom is -0.381 e. The van der Waals surface area contributed by atoms with E-state index in [4.69, 9.17) is 25.8 Å². The van der Waals surface area contributed by atoms with Crippen LogP contribution in [0, 0.1) is 18.7 Å². The minimum absolute atomic E-state index is 0.00980. The van der Waals surface area contributed by atoms with Crippen molar-refractivity contribution < 1.29 is 18.4 Å². The summed E-state index contributed by atoms with van der Waals surface area (Å²) in [5.74, 6) is 1.29. The molecule has 1 atom stereocenters. The standard InChI is InChI=1S/C24H26ClFN6O3/c1-14-28-23(35-31-14)22(16-2-3-18(25)19(26)11-16)30-24(33)32-7-4-17-12-27-21(29-20(17)13-32)10-15-5-8-34-9-6-15/h2-3,11-12,15,22H,4-10,13H2,1H3,(H,30,33). The average Bonchev–Trinajstić information content (AvgIpc) is 3.30. The van der Waals surface area contributed by atoms with Crippen LogP contribution in [0.25, 0.3) is 0 Å². The van der Waals surface area contributed by atoms with Crippen LogP contribution >= 0.6 is 11.6 Å². The summed E-state index contributed by atoms with van der Waals surface area (Å²) in [4.78, 5) is 28.5. The van der Waals surface area contributed by atoms with Gasteiger partial charge in [0.25, 0.3) is 5.89 Å². The Bertz CT molecular complexity index is 1220. The number of urea groups is 1. The highest BCUT2D eigenvalue weighted by Gasteiger charge is 2.29. The molecule has 2 amide bonds. The molecule has 1 fully saturated rings. The van der Waals surface area contributed by atoms with Crippen molar-refractivity contribution in [2.45, 2.75) is 45.2 Å². The van der Waals surface area contributed by atoms with Crippen LogP contribution in [0.5, 0.6) is 0 Å². The fourth-order valence-electron chi connectivity index (χ4n) is 4.45. The molecule has 1 saturated heterocycles. The van der Waals surface area contributed by atoms with Gasteiger partial charge in [-0.3, -0.25) is 0 Å². The minimum atomic E-state index is -0.827. The highest BCUT2D eigenvalue weighted by Crippen LogP contribution is 2.26. The molecule has 0 aliphatic carbocycles. The van der Waals surface area contributed by atoms with Gasteiger partial charge < -0.3 is 19.5 Å². The summed E-state index contributed by atoms with van der Waals surface area (Å²) >= 11 is 5.84. The van der Waals surface area contributed by atoms with Gasteiger partial charge in [-0.2, -0.15) is 4.98 Å². The summed E-state index contributed by atoms with van der Waals surface area (Å²) < 4.78 is 24.9. The Balaban J connectivity index is 1.32. The number of halogens is 2. The average molecular weight is 501 g/mol. The lowest BCUT2D eigenvalue weighted by Gasteiger charge is -2.30. The van der Waals surface area contributed by atoms with Crippen molar-refractivity contribution in [3.05, 3.63) is 69.6 Å². The molecule has 2 aliphatic rings. The van der Waals surface area contributed by atoms with E-state index < -0.39 is 11.9 Å². The Labute approximate surface area is 207 Å². The first-order chi connectivity index (χ1) is 17.0. The lowest BCUT2D eigenvalue weighted by molar-refractivity contribution is 0.0659. The molecule has 0 saturated carbocycles. The van der Waals surface area contributed by atoms with Crippen molar-refractivity contribution in [3.8, 4) is 0 Å². The van der Waals surface area contributed by atoms with E-state index in [0.717, 1.165) is 49.6 Å². The van der Waals surface area contributed by atoms with Gasteiger partial charge in [-0.05, 0) is 55.4 Å². The van der Waals surface area contributed by atoms with Crippen molar-refractivity contribution in [3.63, 3.8) is 0 Å². The maximum atomic E-state index is 14.2. The summed E-state index contributed by atoms with van der Waals surface area (Å²) in [6.07, 6.45) is 5.37. The Morgan fingerprint density at radius 2 is 2.14 bits per heavy atom. The topological polar surface area (TPSA) is 106 Å². The number of aromatic nitrogens is 4. The molecule has 35 heavy (non-hydrogen) atoms. The van der Waals surface area contributed by atoms with Crippen molar-refractivity contribution in [1.82, 2.24) is 30.3 Å². The second-order valence-electron chi connectivity index (χ2n) is 8.93. The third kappa shape index (κ3) is 5.43. The Kier molecular flexibility index (Phi) is 6.92. The quantitative estimate of drug-likeness (QED) is 0.568. The highest BCUT2D eigenvalue weighted by molar-refractivity contribution is 6.30. The van der Waals surface area contributed by atoms with E-state index >= 15 is 0 Å². The largest absolute Gasteiger partial charge is 0.381 e. The molecule has 184 valence electrons. The number of rotatable bonds is 5. The summed E-state index contributed by atoms with van der Waals surface area (Å²) in [5, 5.41) is 6.72. The first-order valence-corrected chi connectivity index (χ1v) is 12.1. The highest BCUT2D eigenvalue weighted by atomic mass is 35.5. The van der Waals surface area contributed by atoms with Gasteiger partial charge in [0.1, 0.15) is 17.7 Å². The zero-order chi connectivity index (χ0) is 24.4. The van der Waals surface area contributed by atoms with E-state index in [1.165, 1.54) is 12.1 Å². The third-order valence-electron chi connectivity index (χ3n) is 6.43. The van der Waals surface area contributed by atoms with Gasteiger partial charge in [-0.25, -0.2) is 19.2 Å². The molecule has 0 spiro atoms. The monoisotopic (exact) mass is 500 g/mol. The number of fused-ring (bicyclic) bond motifs is 1. The van der Waals surface area contributed by atoms with Crippen LogP contribution in [0.3, 0.4) is 0 Å². The van der Waals surface area contributed by atoms with Crippen LogP contribution in [0.2, 0.25) is 5.02 Å². The van der Waals surface area contributed by atoms with Crippen molar-refractivity contribution in [2.75, 3.05) is 19.8 Å². The van der Waals surface area contributed by atoms with Gasteiger partial charge >= 0.3 is 6.03 Å². The second kappa shape index (κ2) is 10.2. The summed E-state index contributed by atoms with van der Waals surface area (Å²) in [7, 11) is 0. The molecule has 1 aromatic carbocycles. The molecule has 1 N–H and O–H groups in total. The number of nitrogens with one attached hydrogen (secondary N) is 1. The number of carbonyl (C=O) groups is 1. The smallest absolute Gasteiger partial charge is 0.318 e. The molecule has 5 rings (SSSR count). The van der Waals surface area contributed by atoms with Crippen LogP contribution in [0.15, 0.2) is 28.9 Å². The van der Waals surface area contributed by atoms with E-state index in [0.29, 0.717) is 36.8 Å². The summed E-state index contributed by atoms with van der Waals surface area (Å²) in [6, 6.07) is 3.15. The third-order valence-corrected chi connectivity index (χ3v) is 6.74. The summed E-state index contributed by atoms with van der Waals surface area (Å²) in [6.45, 7) is 4.10. The molecule has 0 radical (unpaired) electrons. The Hall–Kier alpha value is -3.11. The first kappa shape index (κ1) is 23.6. The number of benzene rings is 1. The first-order valence-electron chi connectivity index (χ1n) is 11.7.